The molecule has 0 saturated heterocycles. The van der Waals surface area contributed by atoms with Gasteiger partial charge in [-0.3, -0.25) is 10.1 Å². The van der Waals surface area contributed by atoms with Gasteiger partial charge in [0.15, 0.2) is 0 Å². The first-order chi connectivity index (χ1) is 13.8. The van der Waals surface area contributed by atoms with E-state index in [1.807, 2.05) is 24.0 Å². The minimum absolute atomic E-state index is 0.0909. The molecule has 0 fully saturated rings. The van der Waals surface area contributed by atoms with Gasteiger partial charge in [0.25, 0.3) is 5.69 Å². The monoisotopic (exact) mass is 420 g/mol. The molecule has 0 radical (unpaired) electrons. The second-order valence-electron chi connectivity index (χ2n) is 5.45. The molecule has 0 atom stereocenters. The van der Waals surface area contributed by atoms with Gasteiger partial charge in [-0.25, -0.2) is 4.79 Å². The van der Waals surface area contributed by atoms with Gasteiger partial charge in [-0.1, -0.05) is 18.2 Å². The summed E-state index contributed by atoms with van der Waals surface area (Å²) in [4.78, 5) is 21.4. The lowest BCUT2D eigenvalue weighted by Gasteiger charge is -2.21. The lowest BCUT2D eigenvalue weighted by molar-refractivity contribution is -0.384. The number of nitro groups is 1. The Labute approximate surface area is 172 Å². The van der Waals surface area contributed by atoms with Crippen molar-refractivity contribution in [1.29, 1.82) is 0 Å². The molecule has 154 valence electrons. The fourth-order valence-electron chi connectivity index (χ4n) is 2.12. The van der Waals surface area contributed by atoms with Crippen molar-refractivity contribution in [1.82, 2.24) is 0 Å². The molecule has 0 unspecified atom stereocenters. The van der Waals surface area contributed by atoms with Crippen LogP contribution in [-0.4, -0.2) is 40.8 Å². The SMILES string of the molecule is C=CC(=O)O.CCN(CCO)c1ccc(/N=N/c2ccc([N+](=O)[O-])cc2Cl)cc1. The van der Waals surface area contributed by atoms with Crippen molar-refractivity contribution in [3.63, 3.8) is 0 Å². The van der Waals surface area contributed by atoms with E-state index in [1.165, 1.54) is 18.2 Å². The van der Waals surface area contributed by atoms with Gasteiger partial charge in [0.05, 0.1) is 22.2 Å². The van der Waals surface area contributed by atoms with E-state index >= 15 is 0 Å². The van der Waals surface area contributed by atoms with Gasteiger partial charge in [-0.15, -0.1) is 5.11 Å². The summed E-state index contributed by atoms with van der Waals surface area (Å²) in [6, 6.07) is 11.4. The summed E-state index contributed by atoms with van der Waals surface area (Å²) in [6.07, 6.45) is 0.833. The van der Waals surface area contributed by atoms with Crippen LogP contribution in [0.15, 0.2) is 65.3 Å². The number of hydrogen-bond donors (Lipinski definition) is 2. The molecule has 9 nitrogen and oxygen atoms in total. The van der Waals surface area contributed by atoms with Crippen molar-refractivity contribution in [2.45, 2.75) is 6.92 Å². The molecular formula is C19H21ClN4O5. The first kappa shape index (κ1) is 23.7. The summed E-state index contributed by atoms with van der Waals surface area (Å²) in [5.41, 5.74) is 1.89. The number of carboxylic acids is 1. The number of aliphatic hydroxyl groups is 1. The summed E-state index contributed by atoms with van der Waals surface area (Å²) in [5, 5.41) is 35.6. The summed E-state index contributed by atoms with van der Waals surface area (Å²) in [7, 11) is 0. The standard InChI is InChI=1S/C16H17ClN4O3.C3H4O2/c1-2-20(9-10-22)13-5-3-12(4-6-13)18-19-16-8-7-14(21(23)24)11-15(16)17;1-2-3(4)5/h3-8,11,22H,2,9-10H2,1H3;2H,1H2,(H,4,5)/b19-18+;. The van der Waals surface area contributed by atoms with Crippen LogP contribution in [-0.2, 0) is 4.79 Å². The zero-order valence-corrected chi connectivity index (χ0v) is 16.5. The number of anilines is 1. The van der Waals surface area contributed by atoms with Crippen molar-refractivity contribution in [2.24, 2.45) is 10.2 Å². The zero-order valence-electron chi connectivity index (χ0n) is 15.7. The Morgan fingerprint density at radius 3 is 2.34 bits per heavy atom. The van der Waals surface area contributed by atoms with E-state index in [0.717, 1.165) is 18.3 Å². The van der Waals surface area contributed by atoms with Crippen LogP contribution < -0.4 is 4.90 Å². The van der Waals surface area contributed by atoms with E-state index in [2.05, 4.69) is 16.8 Å². The number of azo groups is 1. The molecule has 0 amide bonds. The third-order valence-electron chi connectivity index (χ3n) is 3.56. The second kappa shape index (κ2) is 12.2. The lowest BCUT2D eigenvalue weighted by Crippen LogP contribution is -2.25. The molecule has 10 heteroatoms. The Bertz CT molecular complexity index is 871. The molecule has 0 aromatic heterocycles. The van der Waals surface area contributed by atoms with E-state index in [1.54, 1.807) is 12.1 Å². The van der Waals surface area contributed by atoms with Crippen LogP contribution in [0.4, 0.5) is 22.7 Å². The van der Waals surface area contributed by atoms with Crippen LogP contribution in [0.1, 0.15) is 6.92 Å². The molecule has 0 aliphatic carbocycles. The van der Waals surface area contributed by atoms with E-state index in [0.29, 0.717) is 17.9 Å². The maximum atomic E-state index is 10.7. The van der Waals surface area contributed by atoms with Crippen LogP contribution in [0.25, 0.3) is 0 Å². The van der Waals surface area contributed by atoms with Gasteiger partial charge >= 0.3 is 5.97 Å². The topological polar surface area (TPSA) is 129 Å². The number of rotatable bonds is 8. The zero-order chi connectivity index (χ0) is 21.8. The number of aliphatic hydroxyl groups excluding tert-OH is 1. The molecule has 29 heavy (non-hydrogen) atoms. The Morgan fingerprint density at radius 1 is 1.28 bits per heavy atom. The molecule has 0 saturated carbocycles. The van der Waals surface area contributed by atoms with Gasteiger partial charge in [0.2, 0.25) is 0 Å². The number of hydrogen-bond acceptors (Lipinski definition) is 7. The normalized spacial score (nSPS) is 10.2. The fraction of sp³-hybridized carbons (Fsp3) is 0.211. The Kier molecular flexibility index (Phi) is 10.00. The minimum Gasteiger partial charge on any atom is -0.478 e. The van der Waals surface area contributed by atoms with Crippen LogP contribution in [0.5, 0.6) is 0 Å². The highest BCUT2D eigenvalue weighted by molar-refractivity contribution is 6.33. The number of aliphatic carboxylic acids is 1. The molecule has 0 spiro atoms. The van der Waals surface area contributed by atoms with E-state index in [4.69, 9.17) is 21.8 Å². The van der Waals surface area contributed by atoms with Crippen LogP contribution >= 0.6 is 11.6 Å². The third-order valence-corrected chi connectivity index (χ3v) is 3.86. The lowest BCUT2D eigenvalue weighted by atomic mass is 10.2. The number of nitrogens with zero attached hydrogens (tertiary/aromatic N) is 4. The average molecular weight is 421 g/mol. The van der Waals surface area contributed by atoms with Gasteiger partial charge in [-0.2, -0.15) is 5.11 Å². The van der Waals surface area contributed by atoms with Gasteiger partial charge < -0.3 is 15.1 Å². The molecule has 0 heterocycles. The Balaban J connectivity index is 0.000000749. The maximum Gasteiger partial charge on any atom is 0.327 e. The van der Waals surface area contributed by atoms with Crippen molar-refractivity contribution in [3.05, 3.63) is 70.3 Å². The fourth-order valence-corrected chi connectivity index (χ4v) is 2.34. The number of likely N-dealkylation sites (N-methyl/N-ethyl adjacent to an activating group) is 1. The summed E-state index contributed by atoms with van der Waals surface area (Å²) in [6.45, 7) is 6.42. The Hall–Kier alpha value is -3.30. The summed E-state index contributed by atoms with van der Waals surface area (Å²) >= 11 is 5.97. The van der Waals surface area contributed by atoms with Crippen molar-refractivity contribution in [2.75, 3.05) is 24.6 Å². The van der Waals surface area contributed by atoms with Crippen molar-refractivity contribution >= 4 is 40.3 Å². The van der Waals surface area contributed by atoms with Crippen LogP contribution in [0.3, 0.4) is 0 Å². The highest BCUT2D eigenvalue weighted by atomic mass is 35.5. The summed E-state index contributed by atoms with van der Waals surface area (Å²) < 4.78 is 0. The van der Waals surface area contributed by atoms with Gasteiger partial charge in [-0.05, 0) is 37.3 Å². The van der Waals surface area contributed by atoms with Gasteiger partial charge in [0.1, 0.15) is 5.69 Å². The highest BCUT2D eigenvalue weighted by Crippen LogP contribution is 2.30. The third kappa shape index (κ3) is 8.08. The molecule has 0 bridgehead atoms. The predicted molar refractivity (Wildman–Crippen MR) is 112 cm³/mol. The number of nitro benzene ring substituents is 1. The molecule has 0 aliphatic heterocycles. The number of carbonyl (C=O) groups is 1. The predicted octanol–water partition coefficient (Wildman–Crippen LogP) is 4.74. The smallest absolute Gasteiger partial charge is 0.327 e. The minimum atomic E-state index is -0.981. The molecule has 2 N–H and O–H groups in total. The molecular weight excluding hydrogens is 400 g/mol. The number of halogens is 1. The van der Waals surface area contributed by atoms with Gasteiger partial charge in [0, 0.05) is 37.0 Å². The van der Waals surface area contributed by atoms with Crippen molar-refractivity contribution in [3.8, 4) is 0 Å². The molecule has 2 aromatic carbocycles. The van der Waals surface area contributed by atoms with Crippen molar-refractivity contribution < 1.29 is 19.9 Å². The summed E-state index contributed by atoms with van der Waals surface area (Å²) in [5.74, 6) is -0.981. The number of non-ortho nitro benzene ring substituents is 1. The molecule has 0 aliphatic rings. The second-order valence-corrected chi connectivity index (χ2v) is 5.86. The number of carboxylic acid groups (broad SMARTS) is 1. The highest BCUT2D eigenvalue weighted by Gasteiger charge is 2.09. The quantitative estimate of drug-likeness (QED) is 0.274. The van der Waals surface area contributed by atoms with E-state index in [9.17, 15) is 14.9 Å². The van der Waals surface area contributed by atoms with Crippen LogP contribution in [0, 0.1) is 10.1 Å². The van der Waals surface area contributed by atoms with Crippen LogP contribution in [0.2, 0.25) is 5.02 Å². The first-order valence-corrected chi connectivity index (χ1v) is 8.87. The number of benzene rings is 2. The van der Waals surface area contributed by atoms with E-state index in [-0.39, 0.29) is 17.3 Å². The first-order valence-electron chi connectivity index (χ1n) is 8.49. The molecule has 2 rings (SSSR count). The average Bonchev–Trinajstić information content (AvgIpc) is 2.72. The maximum absolute atomic E-state index is 10.7. The largest absolute Gasteiger partial charge is 0.478 e. The van der Waals surface area contributed by atoms with E-state index < -0.39 is 10.9 Å². The Morgan fingerprint density at radius 2 is 1.90 bits per heavy atom. The molecule has 2 aromatic rings.